The average Bonchev–Trinajstić information content (AvgIpc) is 3.33. The van der Waals surface area contributed by atoms with E-state index in [-0.39, 0.29) is 34.4 Å². The Balaban J connectivity index is 1.45. The average molecular weight is 601 g/mol. The fourth-order valence-corrected chi connectivity index (χ4v) is 11.0. The number of β-lactam (4-membered cyclic amide) rings is 1. The highest BCUT2D eigenvalue weighted by atomic mass is 31.2. The minimum atomic E-state index is -3.06. The Labute approximate surface area is 255 Å². The largest absolute Gasteiger partial charge is 0.439 e. The molecule has 0 aromatic heterocycles. The summed E-state index contributed by atoms with van der Waals surface area (Å²) in [4.78, 5) is 57.5. The molecule has 2 atom stereocenters. The number of amides is 3. The number of rotatable bonds is 7. The smallest absolute Gasteiger partial charge is 0.357 e. The predicted octanol–water partition coefficient (Wildman–Crippen LogP) is 4.08. The normalized spacial score (nSPS) is 18.9. The summed E-state index contributed by atoms with van der Waals surface area (Å²) >= 11 is 0. The summed E-state index contributed by atoms with van der Waals surface area (Å²) in [5.74, 6) is -2.12. The Morgan fingerprint density at radius 2 is 1.11 bits per heavy atom. The van der Waals surface area contributed by atoms with Gasteiger partial charge in [0, 0.05) is 6.89 Å². The molecule has 44 heavy (non-hydrogen) atoms. The summed E-state index contributed by atoms with van der Waals surface area (Å²) in [6.07, 6.45) is 5.30. The molecular formula is C36H29N2O5P. The maximum atomic E-state index is 14.7. The third-order valence-corrected chi connectivity index (χ3v) is 12.9. The molecule has 0 bridgehead atoms. The van der Waals surface area contributed by atoms with Crippen LogP contribution in [0.2, 0.25) is 0 Å². The van der Waals surface area contributed by atoms with Gasteiger partial charge in [-0.3, -0.25) is 14.4 Å². The summed E-state index contributed by atoms with van der Waals surface area (Å²) in [6.45, 7) is -3.62. The third kappa shape index (κ3) is 4.27. The van der Waals surface area contributed by atoms with E-state index in [4.69, 9.17) is 4.74 Å². The lowest BCUT2D eigenvalue weighted by Crippen LogP contribution is -2.66. The highest BCUT2D eigenvalue weighted by Crippen LogP contribution is 2.50. The van der Waals surface area contributed by atoms with Crippen molar-refractivity contribution in [1.29, 1.82) is 0 Å². The molecule has 0 spiro atoms. The number of hydrogen-bond donors (Lipinski definition) is 0. The van der Waals surface area contributed by atoms with Gasteiger partial charge in [0.15, 0.2) is 6.73 Å². The summed E-state index contributed by atoms with van der Waals surface area (Å²) in [7, 11) is 0. The molecular weight excluding hydrogens is 571 g/mol. The van der Waals surface area contributed by atoms with Gasteiger partial charge in [-0.15, -0.1) is 0 Å². The summed E-state index contributed by atoms with van der Waals surface area (Å²) in [5, 5.41) is 2.65. The van der Waals surface area contributed by atoms with E-state index in [2.05, 4.69) is 6.08 Å². The van der Waals surface area contributed by atoms with Crippen molar-refractivity contribution >= 4 is 51.9 Å². The van der Waals surface area contributed by atoms with Gasteiger partial charge in [0.25, 0.3) is 11.8 Å². The van der Waals surface area contributed by atoms with Crippen LogP contribution < -0.4 is 15.9 Å². The highest BCUT2D eigenvalue weighted by molar-refractivity contribution is 7.96. The van der Waals surface area contributed by atoms with Gasteiger partial charge in [-0.2, -0.15) is 0 Å². The number of allylic oxidation sites excluding steroid dienone is 1. The van der Waals surface area contributed by atoms with Crippen LogP contribution in [0.25, 0.3) is 0 Å². The van der Waals surface area contributed by atoms with Gasteiger partial charge in [-0.1, -0.05) is 115 Å². The Kier molecular flexibility index (Phi) is 7.11. The van der Waals surface area contributed by atoms with Crippen molar-refractivity contribution in [3.8, 4) is 0 Å². The summed E-state index contributed by atoms with van der Waals surface area (Å²) in [5.41, 5.74) is 0.790. The Hall–Kier alpha value is -5.00. The van der Waals surface area contributed by atoms with Crippen molar-refractivity contribution < 1.29 is 23.9 Å². The molecule has 0 saturated carbocycles. The van der Waals surface area contributed by atoms with Gasteiger partial charge >= 0.3 is 5.97 Å². The highest BCUT2D eigenvalue weighted by Gasteiger charge is 2.53. The Morgan fingerprint density at radius 1 is 0.659 bits per heavy atom. The Bertz CT molecular complexity index is 1730. The van der Waals surface area contributed by atoms with Crippen LogP contribution in [0.1, 0.15) is 33.6 Å². The minimum absolute atomic E-state index is 0.126. The van der Waals surface area contributed by atoms with Crippen molar-refractivity contribution in [2.75, 3.05) is 6.73 Å². The molecule has 1 fully saturated rings. The molecule has 3 aliphatic rings. The second-order valence-electron chi connectivity index (χ2n) is 11.0. The van der Waals surface area contributed by atoms with Gasteiger partial charge in [0.05, 0.1) is 23.1 Å². The van der Waals surface area contributed by atoms with Crippen LogP contribution in [0.4, 0.5) is 0 Å². The van der Waals surface area contributed by atoms with E-state index in [0.717, 1.165) is 20.8 Å². The van der Waals surface area contributed by atoms with Gasteiger partial charge in [0.1, 0.15) is 5.42 Å². The molecule has 0 radical (unpaired) electrons. The van der Waals surface area contributed by atoms with Crippen molar-refractivity contribution in [1.82, 2.24) is 9.80 Å². The molecule has 218 valence electrons. The van der Waals surface area contributed by atoms with Crippen LogP contribution in [0.5, 0.6) is 0 Å². The zero-order chi connectivity index (χ0) is 30.3. The molecule has 4 aromatic rings. The van der Waals surface area contributed by atoms with E-state index >= 15 is 0 Å². The van der Waals surface area contributed by atoms with E-state index in [1.807, 2.05) is 97.1 Å². The zero-order valence-corrected chi connectivity index (χ0v) is 24.7. The van der Waals surface area contributed by atoms with E-state index in [9.17, 15) is 19.2 Å². The molecule has 0 N–H and O–H groups in total. The predicted molar refractivity (Wildman–Crippen MR) is 171 cm³/mol. The van der Waals surface area contributed by atoms with Crippen LogP contribution in [0.3, 0.4) is 0 Å². The number of fused-ring (bicyclic) bond motifs is 2. The van der Waals surface area contributed by atoms with Crippen LogP contribution in [0.15, 0.2) is 127 Å². The number of benzene rings is 4. The zero-order valence-electron chi connectivity index (χ0n) is 23.8. The van der Waals surface area contributed by atoms with Gasteiger partial charge < -0.3 is 9.64 Å². The number of esters is 1. The molecule has 4 aromatic carbocycles. The van der Waals surface area contributed by atoms with Crippen LogP contribution >= 0.6 is 6.89 Å². The van der Waals surface area contributed by atoms with Crippen molar-refractivity contribution in [3.63, 3.8) is 0 Å². The van der Waals surface area contributed by atoms with E-state index < -0.39 is 31.4 Å². The second kappa shape index (κ2) is 11.3. The monoisotopic (exact) mass is 600 g/mol. The second-order valence-corrected chi connectivity index (χ2v) is 14.3. The van der Waals surface area contributed by atoms with Gasteiger partial charge in [-0.05, 0) is 40.9 Å². The van der Waals surface area contributed by atoms with Crippen LogP contribution in [-0.2, 0) is 14.3 Å². The van der Waals surface area contributed by atoms with Crippen molar-refractivity contribution in [3.05, 3.63) is 139 Å². The maximum absolute atomic E-state index is 14.7. The van der Waals surface area contributed by atoms with Crippen molar-refractivity contribution in [2.24, 2.45) is 5.92 Å². The first-order valence-corrected chi connectivity index (χ1v) is 16.4. The number of carbonyl (C=O) groups is 4. The first-order chi connectivity index (χ1) is 21.5. The summed E-state index contributed by atoms with van der Waals surface area (Å²) in [6, 6.07) is 35.7. The maximum Gasteiger partial charge on any atom is 0.357 e. The lowest BCUT2D eigenvalue weighted by atomic mass is 9.79. The number of nitrogens with zero attached hydrogens (tertiary/aromatic N) is 2. The molecule has 7 nitrogen and oxygen atoms in total. The summed E-state index contributed by atoms with van der Waals surface area (Å²) < 4.78 is 5.94. The standard InChI is InChI=1S/C36H29N2O5P/c39-32-28-20-10-11-21-29(28)33(40)37(32)24-43-36(42)35(38-31-23-13-12-22-30(31)34(38)41)44(25-14-4-1-5-15-25,26-16-6-2-7-17-26)27-18-8-3-9-19-27/h1-21,30-31H,22-24H2. The molecule has 2 heterocycles. The lowest BCUT2D eigenvalue weighted by Gasteiger charge is -2.50. The first kappa shape index (κ1) is 27.8. The number of imide groups is 1. The topological polar surface area (TPSA) is 84.0 Å². The molecule has 3 amide bonds. The van der Waals surface area contributed by atoms with Crippen LogP contribution in [-0.4, -0.2) is 51.7 Å². The van der Waals surface area contributed by atoms with E-state index in [1.165, 1.54) is 0 Å². The number of ether oxygens (including phenoxy) is 1. The Morgan fingerprint density at radius 3 is 1.61 bits per heavy atom. The van der Waals surface area contributed by atoms with Gasteiger partial charge in [0.2, 0.25) is 5.91 Å². The molecule has 2 unspecified atom stereocenters. The minimum Gasteiger partial charge on any atom is -0.439 e. The van der Waals surface area contributed by atoms with E-state index in [1.54, 1.807) is 29.2 Å². The quantitative estimate of drug-likeness (QED) is 0.105. The number of carbonyl (C=O) groups excluding carboxylic acids is 4. The molecule has 2 aliphatic heterocycles. The van der Waals surface area contributed by atoms with Crippen LogP contribution in [0, 0.1) is 5.92 Å². The molecule has 7 rings (SSSR count). The first-order valence-electron chi connectivity index (χ1n) is 14.6. The molecule has 1 saturated heterocycles. The van der Waals surface area contributed by atoms with E-state index in [0.29, 0.717) is 12.8 Å². The number of likely N-dealkylation sites (tertiary alicyclic amines) is 1. The SMILES string of the molecule is O=C(OCN1C(=O)c2ccccc2C1=O)C(N1C(=O)C2CC=CCC21)=P(c1ccccc1)(c1ccccc1)c1ccccc1. The fraction of sp³-hybridized carbons (Fsp3) is 0.139. The third-order valence-electron chi connectivity index (χ3n) is 8.65. The lowest BCUT2D eigenvalue weighted by molar-refractivity contribution is -0.152. The molecule has 8 heteroatoms. The van der Waals surface area contributed by atoms with Gasteiger partial charge in [-0.25, -0.2) is 9.69 Å². The molecule has 1 aliphatic carbocycles. The van der Waals surface area contributed by atoms with Crippen molar-refractivity contribution in [2.45, 2.75) is 18.9 Å². The number of hydrogen-bond acceptors (Lipinski definition) is 5. The fourth-order valence-electron chi connectivity index (χ4n) is 6.58.